The molecule has 2 heterocycles. The summed E-state index contributed by atoms with van der Waals surface area (Å²) in [6, 6.07) is 7.93. The molecule has 8 nitrogen and oxygen atoms in total. The summed E-state index contributed by atoms with van der Waals surface area (Å²) in [4.78, 5) is 41.0. The van der Waals surface area contributed by atoms with Crippen LogP contribution in [0.25, 0.3) is 0 Å². The molecule has 27 heavy (non-hydrogen) atoms. The largest absolute Gasteiger partial charge is 0.474 e. The highest BCUT2D eigenvalue weighted by Gasteiger charge is 2.39. The van der Waals surface area contributed by atoms with E-state index >= 15 is 0 Å². The van der Waals surface area contributed by atoms with E-state index in [1.165, 1.54) is 17.0 Å². The van der Waals surface area contributed by atoms with Crippen LogP contribution in [0.2, 0.25) is 0 Å². The van der Waals surface area contributed by atoms with Crippen LogP contribution in [0.3, 0.4) is 0 Å². The lowest BCUT2D eigenvalue weighted by molar-refractivity contribution is -0.389. The highest BCUT2D eigenvalue weighted by Crippen LogP contribution is 2.34. The summed E-state index contributed by atoms with van der Waals surface area (Å²) in [7, 11) is 0. The van der Waals surface area contributed by atoms with Crippen molar-refractivity contribution in [3.63, 3.8) is 0 Å². The molecule has 0 aliphatic carbocycles. The molecular weight excluding hydrogens is 350 g/mol. The quantitative estimate of drug-likeness (QED) is 0.456. The fourth-order valence-corrected chi connectivity index (χ4v) is 2.86. The SMILES string of the molecule is CCC1Oc2ccc([N+](=O)[O-])nc2N(CC(=O)c2ccc(C)c(C)c2)C1=O. The van der Waals surface area contributed by atoms with Gasteiger partial charge in [-0.15, -0.1) is 0 Å². The Kier molecular flexibility index (Phi) is 4.89. The highest BCUT2D eigenvalue weighted by atomic mass is 16.6. The Morgan fingerprint density at radius 3 is 2.63 bits per heavy atom. The molecule has 8 heteroatoms. The van der Waals surface area contributed by atoms with E-state index in [0.29, 0.717) is 12.0 Å². The number of anilines is 1. The summed E-state index contributed by atoms with van der Waals surface area (Å²) in [6.07, 6.45) is -0.350. The molecule has 140 valence electrons. The first kappa shape index (κ1) is 18.5. The van der Waals surface area contributed by atoms with Crippen molar-refractivity contribution in [1.82, 2.24) is 4.98 Å². The van der Waals surface area contributed by atoms with Crippen LogP contribution in [0.15, 0.2) is 30.3 Å². The number of nitro groups is 1. The summed E-state index contributed by atoms with van der Waals surface area (Å²) >= 11 is 0. The molecule has 1 amide bonds. The first-order chi connectivity index (χ1) is 12.8. The van der Waals surface area contributed by atoms with Crippen LogP contribution in [0, 0.1) is 24.0 Å². The van der Waals surface area contributed by atoms with Gasteiger partial charge < -0.3 is 14.9 Å². The molecule has 0 bridgehead atoms. The zero-order valence-electron chi connectivity index (χ0n) is 15.3. The van der Waals surface area contributed by atoms with Gasteiger partial charge in [0.15, 0.2) is 17.6 Å². The summed E-state index contributed by atoms with van der Waals surface area (Å²) < 4.78 is 5.59. The van der Waals surface area contributed by atoms with Gasteiger partial charge in [-0.25, -0.2) is 0 Å². The van der Waals surface area contributed by atoms with E-state index in [4.69, 9.17) is 4.74 Å². The molecule has 1 aromatic heterocycles. The molecule has 1 unspecified atom stereocenters. The molecule has 0 fully saturated rings. The topological polar surface area (TPSA) is 103 Å². The van der Waals surface area contributed by atoms with Gasteiger partial charge in [0.05, 0.1) is 6.54 Å². The van der Waals surface area contributed by atoms with Crippen molar-refractivity contribution in [2.75, 3.05) is 11.4 Å². The number of benzene rings is 1. The van der Waals surface area contributed by atoms with Gasteiger partial charge in [0.25, 0.3) is 11.7 Å². The number of pyridine rings is 1. The summed E-state index contributed by atoms with van der Waals surface area (Å²) in [5.74, 6) is -0.877. The Labute approximate surface area is 155 Å². The number of hydrogen-bond donors (Lipinski definition) is 0. The molecule has 3 rings (SSSR count). The maximum absolute atomic E-state index is 12.7. The molecular formula is C19H19N3O5. The minimum Gasteiger partial charge on any atom is -0.474 e. The van der Waals surface area contributed by atoms with E-state index in [2.05, 4.69) is 4.98 Å². The second-order valence-corrected chi connectivity index (χ2v) is 6.41. The molecule has 0 spiro atoms. The number of carbonyl (C=O) groups is 2. The predicted molar refractivity (Wildman–Crippen MR) is 98.2 cm³/mol. The lowest BCUT2D eigenvalue weighted by atomic mass is 10.0. The summed E-state index contributed by atoms with van der Waals surface area (Å²) in [6.45, 7) is 5.37. The van der Waals surface area contributed by atoms with Crippen LogP contribution in [0.1, 0.15) is 34.8 Å². The van der Waals surface area contributed by atoms with Crippen LogP contribution >= 0.6 is 0 Å². The number of fused-ring (bicyclic) bond motifs is 1. The van der Waals surface area contributed by atoms with Gasteiger partial charge in [0.1, 0.15) is 0 Å². The van der Waals surface area contributed by atoms with Crippen molar-refractivity contribution in [2.24, 2.45) is 0 Å². The number of hydrogen-bond acceptors (Lipinski definition) is 6. The number of rotatable bonds is 5. The molecule has 1 atom stereocenters. The van der Waals surface area contributed by atoms with Gasteiger partial charge in [0.2, 0.25) is 0 Å². The van der Waals surface area contributed by atoms with Crippen LogP contribution < -0.4 is 9.64 Å². The maximum atomic E-state index is 12.7. The average molecular weight is 369 g/mol. The number of ketones is 1. The molecule has 0 saturated heterocycles. The number of ether oxygens (including phenoxy) is 1. The lowest BCUT2D eigenvalue weighted by Crippen LogP contribution is -2.48. The zero-order valence-corrected chi connectivity index (χ0v) is 15.3. The van der Waals surface area contributed by atoms with E-state index < -0.39 is 22.8 Å². The Morgan fingerprint density at radius 1 is 1.26 bits per heavy atom. The van der Waals surface area contributed by atoms with E-state index in [1.807, 2.05) is 19.9 Å². The average Bonchev–Trinajstić information content (AvgIpc) is 2.65. The van der Waals surface area contributed by atoms with Gasteiger partial charge in [-0.3, -0.25) is 14.5 Å². The van der Waals surface area contributed by atoms with Crippen molar-refractivity contribution in [2.45, 2.75) is 33.3 Å². The predicted octanol–water partition coefficient (Wildman–Crippen LogP) is 2.99. The normalized spacial score (nSPS) is 15.9. The first-order valence-electron chi connectivity index (χ1n) is 8.55. The summed E-state index contributed by atoms with van der Waals surface area (Å²) in [5, 5.41) is 11.0. The minimum atomic E-state index is -0.756. The van der Waals surface area contributed by atoms with Crippen molar-refractivity contribution >= 4 is 23.3 Å². The van der Waals surface area contributed by atoms with Gasteiger partial charge in [-0.2, -0.15) is 0 Å². The van der Waals surface area contributed by atoms with E-state index in [1.54, 1.807) is 19.1 Å². The van der Waals surface area contributed by atoms with Crippen LogP contribution in [0.4, 0.5) is 11.6 Å². The molecule has 0 radical (unpaired) electrons. The van der Waals surface area contributed by atoms with E-state index in [-0.39, 0.29) is 23.9 Å². The third kappa shape index (κ3) is 3.51. The fourth-order valence-electron chi connectivity index (χ4n) is 2.86. The number of carbonyl (C=O) groups excluding carboxylic acids is 2. The Balaban J connectivity index is 1.98. The summed E-state index contributed by atoms with van der Waals surface area (Å²) in [5.41, 5.74) is 2.50. The molecule has 0 saturated carbocycles. The van der Waals surface area contributed by atoms with Crippen molar-refractivity contribution in [1.29, 1.82) is 0 Å². The third-order valence-corrected chi connectivity index (χ3v) is 4.58. The number of nitrogens with zero attached hydrogens (tertiary/aromatic N) is 3. The number of aromatic nitrogens is 1. The number of amides is 1. The second kappa shape index (κ2) is 7.14. The lowest BCUT2D eigenvalue weighted by Gasteiger charge is -2.30. The van der Waals surface area contributed by atoms with Crippen LogP contribution in [-0.2, 0) is 4.79 Å². The van der Waals surface area contributed by atoms with Gasteiger partial charge in [-0.05, 0) is 53.4 Å². The molecule has 1 aliphatic rings. The standard InChI is InChI=1S/C19H19N3O5/c1-4-15-19(24)21(10-14(23)13-6-5-11(2)12(3)9-13)18-16(27-15)7-8-17(20-18)22(25)26/h5-9,15H,4,10H2,1-3H3. The molecule has 2 aromatic rings. The van der Waals surface area contributed by atoms with Gasteiger partial charge in [0, 0.05) is 11.6 Å². The first-order valence-corrected chi connectivity index (χ1v) is 8.55. The Hall–Kier alpha value is -3.29. The maximum Gasteiger partial charge on any atom is 0.366 e. The number of aryl methyl sites for hydroxylation is 2. The van der Waals surface area contributed by atoms with Crippen molar-refractivity contribution < 1.29 is 19.2 Å². The molecule has 0 N–H and O–H groups in total. The second-order valence-electron chi connectivity index (χ2n) is 6.41. The van der Waals surface area contributed by atoms with Gasteiger partial charge in [-0.1, -0.05) is 19.1 Å². The number of Topliss-reactive ketones (excluding diaryl/α,β-unsaturated/α-hetero) is 1. The Bertz CT molecular complexity index is 941. The highest BCUT2D eigenvalue weighted by molar-refractivity contribution is 6.07. The third-order valence-electron chi connectivity index (χ3n) is 4.58. The fraction of sp³-hybridized carbons (Fsp3) is 0.316. The zero-order chi connectivity index (χ0) is 19.7. The smallest absolute Gasteiger partial charge is 0.366 e. The van der Waals surface area contributed by atoms with E-state index in [9.17, 15) is 19.7 Å². The minimum absolute atomic E-state index is 0.00363. The van der Waals surface area contributed by atoms with E-state index in [0.717, 1.165) is 11.1 Å². The van der Waals surface area contributed by atoms with Crippen LogP contribution in [0.5, 0.6) is 5.75 Å². The molecule has 1 aliphatic heterocycles. The Morgan fingerprint density at radius 2 is 2.00 bits per heavy atom. The van der Waals surface area contributed by atoms with Crippen LogP contribution in [-0.4, -0.2) is 34.2 Å². The monoisotopic (exact) mass is 369 g/mol. The van der Waals surface area contributed by atoms with Crippen molar-refractivity contribution in [3.05, 3.63) is 57.1 Å². The van der Waals surface area contributed by atoms with Crippen molar-refractivity contribution in [3.8, 4) is 5.75 Å². The molecule has 1 aromatic carbocycles. The van der Waals surface area contributed by atoms with Gasteiger partial charge >= 0.3 is 5.82 Å².